The zero-order chi connectivity index (χ0) is 22.7. The molecule has 1 aliphatic heterocycles. The monoisotopic (exact) mass is 457 g/mol. The lowest BCUT2D eigenvalue weighted by atomic mass is 10.1. The van der Waals surface area contributed by atoms with E-state index < -0.39 is 12.1 Å². The van der Waals surface area contributed by atoms with Gasteiger partial charge in [-0.3, -0.25) is 4.79 Å². The molecule has 170 valence electrons. The first-order chi connectivity index (χ1) is 15.4. The predicted molar refractivity (Wildman–Crippen MR) is 125 cm³/mol. The Morgan fingerprint density at radius 2 is 2.00 bits per heavy atom. The molecule has 3 N–H and O–H groups in total. The van der Waals surface area contributed by atoms with Gasteiger partial charge in [0.05, 0.1) is 11.3 Å². The molecule has 1 aliphatic carbocycles. The fourth-order valence-electron chi connectivity index (χ4n) is 3.94. The van der Waals surface area contributed by atoms with E-state index in [-0.39, 0.29) is 17.2 Å². The molecule has 0 bridgehead atoms. The number of halogens is 1. The Balaban J connectivity index is 1.51. The summed E-state index contributed by atoms with van der Waals surface area (Å²) in [5, 5.41) is 16.5. The van der Waals surface area contributed by atoms with Crippen molar-refractivity contribution in [2.24, 2.45) is 5.92 Å². The highest BCUT2D eigenvalue weighted by Crippen LogP contribution is 2.35. The molecule has 8 heteroatoms. The number of hydrogen-bond donors (Lipinski definition) is 3. The predicted octanol–water partition coefficient (Wildman–Crippen LogP) is 4.02. The Morgan fingerprint density at radius 3 is 2.66 bits per heavy atom. The van der Waals surface area contributed by atoms with Crippen molar-refractivity contribution in [2.75, 3.05) is 29.9 Å². The van der Waals surface area contributed by atoms with Gasteiger partial charge in [-0.1, -0.05) is 24.4 Å². The van der Waals surface area contributed by atoms with Gasteiger partial charge < -0.3 is 25.4 Å². The Bertz CT molecular complexity index is 978. The Hall–Kier alpha value is -2.77. The molecular formula is C24H28ClN3O4. The van der Waals surface area contributed by atoms with Crippen molar-refractivity contribution in [2.45, 2.75) is 38.3 Å². The van der Waals surface area contributed by atoms with Gasteiger partial charge in [0.2, 0.25) is 0 Å². The molecule has 2 aliphatic rings. The number of anilines is 2. The molecule has 4 rings (SSSR count). The number of carboxylic acid groups (broad SMARTS) is 1. The van der Waals surface area contributed by atoms with Crippen LogP contribution in [0.15, 0.2) is 42.5 Å². The number of carboxylic acids is 1. The number of ether oxygens (including phenoxy) is 1. The van der Waals surface area contributed by atoms with Crippen LogP contribution in [0.25, 0.3) is 0 Å². The van der Waals surface area contributed by atoms with Gasteiger partial charge in [0.25, 0.3) is 5.91 Å². The van der Waals surface area contributed by atoms with E-state index in [1.54, 1.807) is 36.4 Å². The zero-order valence-electron chi connectivity index (χ0n) is 18.0. The van der Waals surface area contributed by atoms with Gasteiger partial charge in [0, 0.05) is 36.4 Å². The highest BCUT2D eigenvalue weighted by atomic mass is 35.5. The minimum Gasteiger partial charge on any atom is -0.481 e. The molecule has 1 amide bonds. The molecule has 7 nitrogen and oxygen atoms in total. The number of nitrogens with one attached hydrogen (secondary N) is 2. The van der Waals surface area contributed by atoms with Crippen molar-refractivity contribution in [1.29, 1.82) is 0 Å². The third kappa shape index (κ3) is 5.72. The first kappa shape index (κ1) is 22.4. The van der Waals surface area contributed by atoms with Crippen LogP contribution in [0.3, 0.4) is 0 Å². The maximum atomic E-state index is 13.1. The molecule has 0 unspecified atom stereocenters. The van der Waals surface area contributed by atoms with Crippen LogP contribution in [0.4, 0.5) is 11.4 Å². The van der Waals surface area contributed by atoms with E-state index in [9.17, 15) is 14.7 Å². The van der Waals surface area contributed by atoms with E-state index in [0.717, 1.165) is 38.2 Å². The number of hydrogen-bond acceptors (Lipinski definition) is 5. The summed E-state index contributed by atoms with van der Waals surface area (Å²) in [6, 6.07) is 12.3. The van der Waals surface area contributed by atoms with Gasteiger partial charge in [-0.05, 0) is 61.7 Å². The van der Waals surface area contributed by atoms with Gasteiger partial charge in [-0.25, -0.2) is 4.79 Å². The lowest BCUT2D eigenvalue weighted by molar-refractivity contribution is -0.123. The molecule has 1 saturated carbocycles. The summed E-state index contributed by atoms with van der Waals surface area (Å²) in [6.07, 6.45) is 2.03. The fraction of sp³-hybridized carbons (Fsp3) is 0.417. The quantitative estimate of drug-likeness (QED) is 0.554. The van der Waals surface area contributed by atoms with Gasteiger partial charge in [0.15, 0.2) is 6.10 Å². The summed E-state index contributed by atoms with van der Waals surface area (Å²) in [7, 11) is 0. The van der Waals surface area contributed by atoms with Gasteiger partial charge in [-0.15, -0.1) is 0 Å². The molecule has 2 aromatic carbocycles. The number of carbonyl (C=O) groups is 2. The van der Waals surface area contributed by atoms with Crippen LogP contribution in [0.5, 0.6) is 5.75 Å². The normalized spacial score (nSPS) is 19.3. The molecule has 0 radical (unpaired) electrons. The van der Waals surface area contributed by atoms with E-state index >= 15 is 0 Å². The molecule has 1 heterocycles. The van der Waals surface area contributed by atoms with Crippen molar-refractivity contribution < 1.29 is 19.4 Å². The third-order valence-electron chi connectivity index (χ3n) is 5.85. The summed E-state index contributed by atoms with van der Waals surface area (Å²) >= 11 is 5.94. The number of amides is 1. The summed E-state index contributed by atoms with van der Waals surface area (Å²) in [4.78, 5) is 27.2. The summed E-state index contributed by atoms with van der Waals surface area (Å²) in [6.45, 7) is 4.53. The molecule has 2 aromatic rings. The van der Waals surface area contributed by atoms with Crippen molar-refractivity contribution in [1.82, 2.24) is 5.32 Å². The van der Waals surface area contributed by atoms with Gasteiger partial charge >= 0.3 is 5.97 Å². The number of benzene rings is 2. The second-order valence-electron chi connectivity index (χ2n) is 8.56. The summed E-state index contributed by atoms with van der Waals surface area (Å²) in [5.74, 6) is -0.425. The minimum absolute atomic E-state index is 0.0682. The Labute approximate surface area is 192 Å². The van der Waals surface area contributed by atoms with Crippen LogP contribution >= 0.6 is 11.6 Å². The van der Waals surface area contributed by atoms with Crippen LogP contribution in [-0.4, -0.2) is 48.8 Å². The molecule has 0 aromatic heterocycles. The number of rotatable bonds is 8. The topological polar surface area (TPSA) is 90.9 Å². The first-order valence-electron chi connectivity index (χ1n) is 11.0. The largest absolute Gasteiger partial charge is 0.481 e. The van der Waals surface area contributed by atoms with E-state index in [1.165, 1.54) is 0 Å². The molecule has 0 spiro atoms. The highest BCUT2D eigenvalue weighted by molar-refractivity contribution is 6.30. The smallest absolute Gasteiger partial charge is 0.337 e. The van der Waals surface area contributed by atoms with Gasteiger partial charge in [0.1, 0.15) is 5.75 Å². The second kappa shape index (κ2) is 9.79. The van der Waals surface area contributed by atoms with E-state index in [4.69, 9.17) is 16.3 Å². The van der Waals surface area contributed by atoms with Crippen molar-refractivity contribution in [3.63, 3.8) is 0 Å². The fourth-order valence-corrected chi connectivity index (χ4v) is 4.06. The van der Waals surface area contributed by atoms with Gasteiger partial charge in [-0.2, -0.15) is 0 Å². The standard InChI is InChI=1S/C24H28ClN3O4/c1-15-14-28(11-10-26-15)18-6-9-21(20(13-18)24(30)31)27-23(29)22(12-16-2-3-16)32-19-7-4-17(25)5-8-19/h4-9,13,15-16,22,26H,2-3,10-12,14H2,1H3,(H,27,29)(H,30,31)/t15-,22-/m0/s1. The lowest BCUT2D eigenvalue weighted by Gasteiger charge is -2.34. The molecule has 2 atom stereocenters. The van der Waals surface area contributed by atoms with Crippen molar-refractivity contribution in [3.05, 3.63) is 53.1 Å². The number of nitrogens with zero attached hydrogens (tertiary/aromatic N) is 1. The Morgan fingerprint density at radius 1 is 1.25 bits per heavy atom. The number of aromatic carboxylic acids is 1. The third-order valence-corrected chi connectivity index (χ3v) is 6.11. The summed E-state index contributed by atoms with van der Waals surface area (Å²) < 4.78 is 5.95. The molecular weight excluding hydrogens is 430 g/mol. The lowest BCUT2D eigenvalue weighted by Crippen LogP contribution is -2.49. The van der Waals surface area contributed by atoms with E-state index in [2.05, 4.69) is 22.5 Å². The summed E-state index contributed by atoms with van der Waals surface area (Å²) in [5.41, 5.74) is 1.18. The van der Waals surface area contributed by atoms with Crippen molar-refractivity contribution in [3.8, 4) is 5.75 Å². The second-order valence-corrected chi connectivity index (χ2v) is 9.00. The zero-order valence-corrected chi connectivity index (χ0v) is 18.8. The van der Waals surface area contributed by atoms with Crippen LogP contribution < -0.4 is 20.3 Å². The van der Waals surface area contributed by atoms with Crippen LogP contribution in [-0.2, 0) is 4.79 Å². The molecule has 2 fully saturated rings. The van der Waals surface area contributed by atoms with Crippen LogP contribution in [0, 0.1) is 5.92 Å². The maximum absolute atomic E-state index is 13.1. The molecule has 1 saturated heterocycles. The highest BCUT2D eigenvalue weighted by Gasteiger charge is 2.31. The maximum Gasteiger partial charge on any atom is 0.337 e. The number of carbonyl (C=O) groups excluding carboxylic acids is 1. The number of piperazine rings is 1. The van der Waals surface area contributed by atoms with E-state index in [0.29, 0.717) is 29.2 Å². The average molecular weight is 458 g/mol. The van der Waals surface area contributed by atoms with E-state index in [1.807, 2.05) is 6.07 Å². The van der Waals surface area contributed by atoms with Crippen LogP contribution in [0.1, 0.15) is 36.5 Å². The minimum atomic E-state index is -1.08. The Kier molecular flexibility index (Phi) is 6.86. The first-order valence-corrected chi connectivity index (χ1v) is 11.4. The van der Waals surface area contributed by atoms with Crippen LogP contribution in [0.2, 0.25) is 5.02 Å². The van der Waals surface area contributed by atoms with Crippen molar-refractivity contribution >= 4 is 34.9 Å². The molecule has 32 heavy (non-hydrogen) atoms. The average Bonchev–Trinajstić information content (AvgIpc) is 3.59. The SMILES string of the molecule is C[C@H]1CN(c2ccc(NC(=O)[C@H](CC3CC3)Oc3ccc(Cl)cc3)c(C(=O)O)c2)CCN1.